The number of aromatic amines is 1. The van der Waals surface area contributed by atoms with Gasteiger partial charge in [-0.15, -0.1) is 5.10 Å². The van der Waals surface area contributed by atoms with Crippen LogP contribution in [0, 0.1) is 0 Å². The van der Waals surface area contributed by atoms with Crippen molar-refractivity contribution in [3.8, 4) is 6.01 Å². The van der Waals surface area contributed by atoms with Gasteiger partial charge in [-0.2, -0.15) is 4.98 Å². The third-order valence-corrected chi connectivity index (χ3v) is 2.85. The van der Waals surface area contributed by atoms with E-state index in [0.29, 0.717) is 17.7 Å². The second kappa shape index (κ2) is 5.58. The van der Waals surface area contributed by atoms with E-state index in [1.807, 2.05) is 31.2 Å². The Bertz CT molecular complexity index is 778. The average Bonchev–Trinajstić information content (AvgIpc) is 2.94. The number of nitrogens with one attached hydrogen (secondary N) is 2. The first-order chi connectivity index (χ1) is 10.3. The SMILES string of the molecule is CCOc1n[nH]c(NC(=O)c2cccc3cccnc23)n1. The van der Waals surface area contributed by atoms with Crippen LogP contribution in [-0.2, 0) is 0 Å². The first-order valence-corrected chi connectivity index (χ1v) is 6.48. The lowest BCUT2D eigenvalue weighted by Crippen LogP contribution is -2.13. The standard InChI is InChI=1S/C14H13N5O2/c1-2-21-14-17-13(18-19-14)16-12(20)10-7-3-5-9-6-4-8-15-11(9)10/h3-8H,2H2,1H3,(H2,16,17,18,19,20). The van der Waals surface area contributed by atoms with Crippen LogP contribution >= 0.6 is 0 Å². The minimum Gasteiger partial charge on any atom is -0.463 e. The molecule has 3 rings (SSSR count). The summed E-state index contributed by atoms with van der Waals surface area (Å²) in [7, 11) is 0. The minimum absolute atomic E-state index is 0.198. The average molecular weight is 283 g/mol. The van der Waals surface area contributed by atoms with E-state index in [2.05, 4.69) is 25.5 Å². The van der Waals surface area contributed by atoms with E-state index in [4.69, 9.17) is 4.74 Å². The van der Waals surface area contributed by atoms with Crippen molar-refractivity contribution in [1.82, 2.24) is 20.2 Å². The Morgan fingerprint density at radius 2 is 2.19 bits per heavy atom. The van der Waals surface area contributed by atoms with E-state index >= 15 is 0 Å². The molecule has 0 aliphatic carbocycles. The van der Waals surface area contributed by atoms with Gasteiger partial charge in [-0.3, -0.25) is 15.1 Å². The molecule has 0 fully saturated rings. The summed E-state index contributed by atoms with van der Waals surface area (Å²) in [5.74, 6) is -0.0742. The molecule has 7 nitrogen and oxygen atoms in total. The summed E-state index contributed by atoms with van der Waals surface area (Å²) in [5.41, 5.74) is 1.12. The molecule has 0 unspecified atom stereocenters. The highest BCUT2D eigenvalue weighted by Crippen LogP contribution is 2.17. The molecular formula is C14H13N5O2. The van der Waals surface area contributed by atoms with Crippen LogP contribution in [0.15, 0.2) is 36.5 Å². The summed E-state index contributed by atoms with van der Waals surface area (Å²) in [6.07, 6.45) is 1.65. The largest absolute Gasteiger partial charge is 0.463 e. The van der Waals surface area contributed by atoms with Crippen LogP contribution in [0.25, 0.3) is 10.9 Å². The molecular weight excluding hydrogens is 270 g/mol. The number of para-hydroxylation sites is 1. The maximum Gasteiger partial charge on any atom is 0.337 e. The molecule has 3 aromatic rings. The Kier molecular flexibility index (Phi) is 3.46. The van der Waals surface area contributed by atoms with Gasteiger partial charge >= 0.3 is 6.01 Å². The Morgan fingerprint density at radius 3 is 3.05 bits per heavy atom. The lowest BCUT2D eigenvalue weighted by molar-refractivity contribution is 0.102. The highest BCUT2D eigenvalue weighted by atomic mass is 16.5. The number of anilines is 1. The summed E-state index contributed by atoms with van der Waals surface area (Å²) in [4.78, 5) is 20.6. The topological polar surface area (TPSA) is 92.8 Å². The van der Waals surface area contributed by atoms with Gasteiger partial charge < -0.3 is 4.74 Å². The first kappa shape index (κ1) is 13.0. The number of aromatic nitrogens is 4. The van der Waals surface area contributed by atoms with Crippen LogP contribution in [0.3, 0.4) is 0 Å². The summed E-state index contributed by atoms with van der Waals surface area (Å²) < 4.78 is 5.13. The number of amides is 1. The fourth-order valence-electron chi connectivity index (χ4n) is 1.96. The van der Waals surface area contributed by atoms with Crippen molar-refractivity contribution in [3.63, 3.8) is 0 Å². The van der Waals surface area contributed by atoms with Crippen molar-refractivity contribution >= 4 is 22.8 Å². The van der Waals surface area contributed by atoms with Gasteiger partial charge in [0.25, 0.3) is 5.91 Å². The highest BCUT2D eigenvalue weighted by Gasteiger charge is 2.13. The van der Waals surface area contributed by atoms with Crippen molar-refractivity contribution in [2.45, 2.75) is 6.92 Å². The molecule has 0 bridgehead atoms. The number of nitrogens with zero attached hydrogens (tertiary/aromatic N) is 3. The van der Waals surface area contributed by atoms with Gasteiger partial charge in [-0.25, -0.2) is 5.10 Å². The number of hydrogen-bond donors (Lipinski definition) is 2. The highest BCUT2D eigenvalue weighted by molar-refractivity contribution is 6.11. The van der Waals surface area contributed by atoms with E-state index in [9.17, 15) is 4.79 Å². The van der Waals surface area contributed by atoms with Gasteiger partial charge in [0.2, 0.25) is 5.95 Å². The second-order valence-electron chi connectivity index (χ2n) is 4.23. The van der Waals surface area contributed by atoms with E-state index in [1.165, 1.54) is 0 Å². The second-order valence-corrected chi connectivity index (χ2v) is 4.23. The molecule has 2 aromatic heterocycles. The Hall–Kier alpha value is -2.96. The molecule has 0 saturated carbocycles. The minimum atomic E-state index is -0.307. The van der Waals surface area contributed by atoms with Gasteiger partial charge in [-0.05, 0) is 19.1 Å². The molecule has 0 radical (unpaired) electrons. The molecule has 0 aliphatic rings. The number of pyridine rings is 1. The molecule has 106 valence electrons. The monoisotopic (exact) mass is 283 g/mol. The van der Waals surface area contributed by atoms with Crippen molar-refractivity contribution in [2.75, 3.05) is 11.9 Å². The van der Waals surface area contributed by atoms with Gasteiger partial charge in [0.05, 0.1) is 17.7 Å². The number of hydrogen-bond acceptors (Lipinski definition) is 5. The Balaban J connectivity index is 1.86. The molecule has 0 saturated heterocycles. The fraction of sp³-hybridized carbons (Fsp3) is 0.143. The fourth-order valence-corrected chi connectivity index (χ4v) is 1.96. The number of fused-ring (bicyclic) bond motifs is 1. The molecule has 7 heteroatoms. The van der Waals surface area contributed by atoms with Crippen LogP contribution < -0.4 is 10.1 Å². The normalized spacial score (nSPS) is 10.5. The molecule has 0 aliphatic heterocycles. The zero-order valence-electron chi connectivity index (χ0n) is 11.3. The number of H-pyrrole nitrogens is 1. The van der Waals surface area contributed by atoms with Crippen molar-refractivity contribution in [2.24, 2.45) is 0 Å². The van der Waals surface area contributed by atoms with Gasteiger partial charge in [0.15, 0.2) is 0 Å². The van der Waals surface area contributed by atoms with Crippen LogP contribution in [0.5, 0.6) is 6.01 Å². The summed E-state index contributed by atoms with van der Waals surface area (Å²) in [6.45, 7) is 2.29. The predicted molar refractivity (Wildman–Crippen MR) is 77.2 cm³/mol. The first-order valence-electron chi connectivity index (χ1n) is 6.48. The number of carbonyl (C=O) groups is 1. The van der Waals surface area contributed by atoms with Crippen LogP contribution in [0.1, 0.15) is 17.3 Å². The maximum atomic E-state index is 12.3. The number of rotatable bonds is 4. The molecule has 2 heterocycles. The molecule has 1 aromatic carbocycles. The summed E-state index contributed by atoms with van der Waals surface area (Å²) in [6, 6.07) is 9.36. The number of benzene rings is 1. The molecule has 2 N–H and O–H groups in total. The molecule has 21 heavy (non-hydrogen) atoms. The van der Waals surface area contributed by atoms with E-state index in [-0.39, 0.29) is 17.9 Å². The maximum absolute atomic E-state index is 12.3. The third kappa shape index (κ3) is 2.66. The number of carbonyl (C=O) groups excluding carboxylic acids is 1. The van der Waals surface area contributed by atoms with Crippen molar-refractivity contribution in [1.29, 1.82) is 0 Å². The molecule has 0 atom stereocenters. The number of ether oxygens (including phenoxy) is 1. The lowest BCUT2D eigenvalue weighted by Gasteiger charge is -2.04. The van der Waals surface area contributed by atoms with Crippen molar-refractivity contribution in [3.05, 3.63) is 42.1 Å². The Labute approximate surface area is 120 Å². The molecule has 1 amide bonds. The third-order valence-electron chi connectivity index (χ3n) is 2.85. The zero-order valence-corrected chi connectivity index (χ0v) is 11.3. The van der Waals surface area contributed by atoms with E-state index in [1.54, 1.807) is 12.3 Å². The molecule has 0 spiro atoms. The van der Waals surface area contributed by atoms with Crippen LogP contribution in [-0.4, -0.2) is 32.7 Å². The van der Waals surface area contributed by atoms with Crippen molar-refractivity contribution < 1.29 is 9.53 Å². The summed E-state index contributed by atoms with van der Waals surface area (Å²) in [5, 5.41) is 9.97. The quantitative estimate of drug-likeness (QED) is 0.764. The predicted octanol–water partition coefficient (Wildman–Crippen LogP) is 2.00. The van der Waals surface area contributed by atoms with Crippen LogP contribution in [0.2, 0.25) is 0 Å². The summed E-state index contributed by atoms with van der Waals surface area (Å²) >= 11 is 0. The van der Waals surface area contributed by atoms with E-state index in [0.717, 1.165) is 5.39 Å². The van der Waals surface area contributed by atoms with Crippen LogP contribution in [0.4, 0.5) is 5.95 Å². The van der Waals surface area contributed by atoms with Gasteiger partial charge in [-0.1, -0.05) is 18.2 Å². The van der Waals surface area contributed by atoms with E-state index < -0.39 is 0 Å². The lowest BCUT2D eigenvalue weighted by atomic mass is 10.1. The smallest absolute Gasteiger partial charge is 0.337 e. The van der Waals surface area contributed by atoms with Gasteiger partial charge in [0.1, 0.15) is 0 Å². The Morgan fingerprint density at radius 1 is 1.33 bits per heavy atom. The van der Waals surface area contributed by atoms with Gasteiger partial charge in [0, 0.05) is 11.6 Å². The zero-order chi connectivity index (χ0) is 14.7.